The van der Waals surface area contributed by atoms with E-state index in [1.54, 1.807) is 0 Å². The third-order valence-electron chi connectivity index (χ3n) is 3.80. The Morgan fingerprint density at radius 2 is 2.09 bits per heavy atom. The predicted octanol–water partition coefficient (Wildman–Crippen LogP) is 3.11. The lowest BCUT2D eigenvalue weighted by Crippen LogP contribution is -2.42. The van der Waals surface area contributed by atoms with Crippen LogP contribution in [0.15, 0.2) is 18.2 Å². The maximum absolute atomic E-state index is 13.2. The van der Waals surface area contributed by atoms with Crippen molar-refractivity contribution < 1.29 is 36.9 Å². The third kappa shape index (κ3) is 2.75. The van der Waals surface area contributed by atoms with Gasteiger partial charge < -0.3 is 14.6 Å². The average molecular weight is 322 g/mol. The molecular weight excluding hydrogens is 308 g/mol. The monoisotopic (exact) mass is 322 g/mol. The zero-order chi connectivity index (χ0) is 16.7. The number of methoxy groups -OCH3 is 1. The Labute approximate surface area is 123 Å². The summed E-state index contributed by atoms with van der Waals surface area (Å²) in [5.41, 5.74) is -2.41. The molecule has 1 aromatic carbocycles. The average Bonchev–Trinajstić information content (AvgIpc) is 2.77. The summed E-state index contributed by atoms with van der Waals surface area (Å²) in [4.78, 5) is 11.3. The van der Waals surface area contributed by atoms with E-state index in [0.717, 1.165) is 19.1 Å². The Hall–Kier alpha value is -1.83. The molecule has 1 heterocycles. The standard InChI is InChI=1S/C14H14F4O4/c1-13(14(16,17)18)6-9(11(22-13)12(19)20)8-4-3-7(15)5-10(8)21-2/h3-5,9,11H,6H2,1-2H3,(H,19,20). The summed E-state index contributed by atoms with van der Waals surface area (Å²) in [6.45, 7) is 0.805. The number of ether oxygens (including phenoxy) is 2. The van der Waals surface area contributed by atoms with E-state index in [4.69, 9.17) is 14.6 Å². The molecular formula is C14H14F4O4. The molecule has 1 aromatic rings. The maximum atomic E-state index is 13.2. The van der Waals surface area contributed by atoms with E-state index < -0.39 is 42.0 Å². The molecule has 22 heavy (non-hydrogen) atoms. The Kier molecular flexibility index (Phi) is 4.08. The van der Waals surface area contributed by atoms with Gasteiger partial charge in [0.05, 0.1) is 7.11 Å². The van der Waals surface area contributed by atoms with E-state index in [2.05, 4.69) is 0 Å². The minimum Gasteiger partial charge on any atom is -0.496 e. The number of hydrogen-bond donors (Lipinski definition) is 1. The Morgan fingerprint density at radius 1 is 1.45 bits per heavy atom. The van der Waals surface area contributed by atoms with Crippen LogP contribution in [-0.4, -0.2) is 36.1 Å². The van der Waals surface area contributed by atoms with Crippen LogP contribution in [0.2, 0.25) is 0 Å². The summed E-state index contributed by atoms with van der Waals surface area (Å²) in [5, 5.41) is 9.15. The second kappa shape index (κ2) is 5.42. The van der Waals surface area contributed by atoms with Gasteiger partial charge >= 0.3 is 12.1 Å². The van der Waals surface area contributed by atoms with Gasteiger partial charge in [0, 0.05) is 17.5 Å². The number of carbonyl (C=O) groups is 1. The zero-order valence-corrected chi connectivity index (χ0v) is 11.8. The highest BCUT2D eigenvalue weighted by Crippen LogP contribution is 2.50. The molecule has 1 N–H and O–H groups in total. The lowest BCUT2D eigenvalue weighted by molar-refractivity contribution is -0.263. The van der Waals surface area contributed by atoms with Gasteiger partial charge in [-0.25, -0.2) is 9.18 Å². The van der Waals surface area contributed by atoms with E-state index in [1.807, 2.05) is 0 Å². The lowest BCUT2D eigenvalue weighted by atomic mass is 9.86. The van der Waals surface area contributed by atoms with Gasteiger partial charge in [0.1, 0.15) is 11.6 Å². The molecule has 0 aliphatic carbocycles. The molecule has 0 radical (unpaired) electrons. The highest BCUT2D eigenvalue weighted by molar-refractivity contribution is 5.75. The van der Waals surface area contributed by atoms with Gasteiger partial charge in [0.25, 0.3) is 0 Å². The van der Waals surface area contributed by atoms with Crippen LogP contribution in [0.5, 0.6) is 5.75 Å². The molecule has 2 rings (SSSR count). The van der Waals surface area contributed by atoms with Crippen molar-refractivity contribution in [1.29, 1.82) is 0 Å². The molecule has 0 amide bonds. The normalized spacial score (nSPS) is 28.6. The van der Waals surface area contributed by atoms with Crippen molar-refractivity contribution in [2.24, 2.45) is 0 Å². The van der Waals surface area contributed by atoms with Crippen LogP contribution < -0.4 is 4.74 Å². The molecule has 0 bridgehead atoms. The molecule has 122 valence electrons. The van der Waals surface area contributed by atoms with Crippen LogP contribution in [0.4, 0.5) is 17.6 Å². The van der Waals surface area contributed by atoms with Gasteiger partial charge in [0.15, 0.2) is 11.7 Å². The van der Waals surface area contributed by atoms with Crippen LogP contribution in [0.3, 0.4) is 0 Å². The molecule has 0 spiro atoms. The molecule has 3 atom stereocenters. The summed E-state index contributed by atoms with van der Waals surface area (Å²) >= 11 is 0. The number of rotatable bonds is 3. The molecule has 1 aliphatic heterocycles. The fourth-order valence-corrected chi connectivity index (χ4v) is 2.61. The number of hydrogen-bond acceptors (Lipinski definition) is 3. The van der Waals surface area contributed by atoms with Crippen LogP contribution in [0.25, 0.3) is 0 Å². The maximum Gasteiger partial charge on any atom is 0.417 e. The number of carboxylic acid groups (broad SMARTS) is 1. The first kappa shape index (κ1) is 16.5. The molecule has 3 unspecified atom stereocenters. The Balaban J connectivity index is 2.47. The highest BCUT2D eigenvalue weighted by atomic mass is 19.4. The van der Waals surface area contributed by atoms with E-state index in [9.17, 15) is 22.4 Å². The van der Waals surface area contributed by atoms with Crippen molar-refractivity contribution in [3.63, 3.8) is 0 Å². The van der Waals surface area contributed by atoms with Crippen molar-refractivity contribution in [2.45, 2.75) is 37.1 Å². The van der Waals surface area contributed by atoms with Crippen LogP contribution in [0, 0.1) is 5.82 Å². The third-order valence-corrected chi connectivity index (χ3v) is 3.80. The van der Waals surface area contributed by atoms with Crippen molar-refractivity contribution in [3.8, 4) is 5.75 Å². The number of alkyl halides is 3. The molecule has 1 saturated heterocycles. The topological polar surface area (TPSA) is 55.8 Å². The van der Waals surface area contributed by atoms with E-state index in [-0.39, 0.29) is 11.3 Å². The predicted molar refractivity (Wildman–Crippen MR) is 67.3 cm³/mol. The largest absolute Gasteiger partial charge is 0.496 e. The quantitative estimate of drug-likeness (QED) is 0.869. The minimum atomic E-state index is -4.72. The second-order valence-corrected chi connectivity index (χ2v) is 5.30. The number of carboxylic acids is 1. The first-order valence-corrected chi connectivity index (χ1v) is 6.40. The number of halogens is 4. The van der Waals surface area contributed by atoms with Crippen LogP contribution in [0.1, 0.15) is 24.8 Å². The molecule has 1 fully saturated rings. The van der Waals surface area contributed by atoms with E-state index in [1.165, 1.54) is 13.2 Å². The number of benzene rings is 1. The Bertz CT molecular complexity index is 587. The SMILES string of the molecule is COc1cc(F)ccc1C1CC(C)(C(F)(F)F)OC1C(=O)O. The summed E-state index contributed by atoms with van der Waals surface area (Å²) in [5.74, 6) is -3.25. The summed E-state index contributed by atoms with van der Waals surface area (Å²) in [6.07, 6.45) is -7.00. The number of aliphatic carboxylic acids is 1. The van der Waals surface area contributed by atoms with Gasteiger partial charge in [-0.05, 0) is 19.4 Å². The van der Waals surface area contributed by atoms with Gasteiger partial charge in [-0.1, -0.05) is 6.07 Å². The fourth-order valence-electron chi connectivity index (χ4n) is 2.61. The van der Waals surface area contributed by atoms with Crippen LogP contribution >= 0.6 is 0 Å². The molecule has 0 saturated carbocycles. The second-order valence-electron chi connectivity index (χ2n) is 5.30. The Morgan fingerprint density at radius 3 is 2.59 bits per heavy atom. The molecule has 4 nitrogen and oxygen atoms in total. The fraction of sp³-hybridized carbons (Fsp3) is 0.500. The summed E-state index contributed by atoms with van der Waals surface area (Å²) in [7, 11) is 1.23. The zero-order valence-electron chi connectivity index (χ0n) is 11.8. The molecule has 8 heteroatoms. The van der Waals surface area contributed by atoms with Gasteiger partial charge in [-0.15, -0.1) is 0 Å². The summed E-state index contributed by atoms with van der Waals surface area (Å²) < 4.78 is 62.3. The smallest absolute Gasteiger partial charge is 0.417 e. The van der Waals surface area contributed by atoms with Crippen molar-refractivity contribution in [2.75, 3.05) is 7.11 Å². The van der Waals surface area contributed by atoms with E-state index >= 15 is 0 Å². The molecule has 0 aromatic heterocycles. The van der Waals surface area contributed by atoms with E-state index in [0.29, 0.717) is 0 Å². The van der Waals surface area contributed by atoms with Crippen LogP contribution in [-0.2, 0) is 9.53 Å². The first-order chi connectivity index (χ1) is 10.1. The molecule has 1 aliphatic rings. The van der Waals surface area contributed by atoms with Crippen molar-refractivity contribution >= 4 is 5.97 Å². The van der Waals surface area contributed by atoms with Crippen molar-refractivity contribution in [1.82, 2.24) is 0 Å². The van der Waals surface area contributed by atoms with Gasteiger partial charge in [-0.2, -0.15) is 13.2 Å². The highest BCUT2D eigenvalue weighted by Gasteiger charge is 2.61. The summed E-state index contributed by atoms with van der Waals surface area (Å²) in [6, 6.07) is 3.26. The van der Waals surface area contributed by atoms with Gasteiger partial charge in [0.2, 0.25) is 0 Å². The van der Waals surface area contributed by atoms with Crippen molar-refractivity contribution in [3.05, 3.63) is 29.6 Å². The minimum absolute atomic E-state index is 0.00808. The van der Waals surface area contributed by atoms with Gasteiger partial charge in [-0.3, -0.25) is 0 Å². The lowest BCUT2D eigenvalue weighted by Gasteiger charge is -2.26. The first-order valence-electron chi connectivity index (χ1n) is 6.40.